The van der Waals surface area contributed by atoms with Crippen molar-refractivity contribution in [1.82, 2.24) is 4.90 Å². The SMILES string of the molecule is COC(=O)C(C)N1C=COC1. The molecule has 1 unspecified atom stereocenters. The maximum atomic E-state index is 10.9. The summed E-state index contributed by atoms with van der Waals surface area (Å²) in [5.74, 6) is -0.250. The van der Waals surface area contributed by atoms with Crippen LogP contribution in [0.15, 0.2) is 12.5 Å². The van der Waals surface area contributed by atoms with E-state index < -0.39 is 0 Å². The maximum absolute atomic E-state index is 10.9. The molecule has 0 aromatic rings. The van der Waals surface area contributed by atoms with E-state index in [4.69, 9.17) is 4.74 Å². The first-order valence-electron chi connectivity index (χ1n) is 3.37. The van der Waals surface area contributed by atoms with Gasteiger partial charge in [-0.25, -0.2) is 4.79 Å². The quantitative estimate of drug-likeness (QED) is 0.541. The number of carbonyl (C=O) groups excluding carboxylic acids is 1. The minimum Gasteiger partial charge on any atom is -0.479 e. The second-order valence-corrected chi connectivity index (χ2v) is 2.29. The summed E-state index contributed by atoms with van der Waals surface area (Å²) in [4.78, 5) is 12.7. The second kappa shape index (κ2) is 3.27. The predicted molar refractivity (Wildman–Crippen MR) is 38.4 cm³/mol. The van der Waals surface area contributed by atoms with Gasteiger partial charge in [0.2, 0.25) is 0 Å². The smallest absolute Gasteiger partial charge is 0.328 e. The molecule has 1 rings (SSSR count). The molecule has 1 aliphatic heterocycles. The van der Waals surface area contributed by atoms with Crippen molar-refractivity contribution in [3.05, 3.63) is 12.5 Å². The molecule has 1 atom stereocenters. The van der Waals surface area contributed by atoms with Gasteiger partial charge in [-0.05, 0) is 6.92 Å². The van der Waals surface area contributed by atoms with E-state index in [0.29, 0.717) is 6.73 Å². The first-order valence-corrected chi connectivity index (χ1v) is 3.37. The maximum Gasteiger partial charge on any atom is 0.328 e. The highest BCUT2D eigenvalue weighted by molar-refractivity contribution is 5.75. The Morgan fingerprint density at radius 1 is 1.82 bits per heavy atom. The van der Waals surface area contributed by atoms with E-state index in [1.54, 1.807) is 24.3 Å². The standard InChI is InChI=1S/C7H11NO3/c1-6(7(9)10-2)8-3-4-11-5-8/h3-4,6H,5H2,1-2H3. The van der Waals surface area contributed by atoms with Crippen LogP contribution in [0.5, 0.6) is 0 Å². The lowest BCUT2D eigenvalue weighted by molar-refractivity contribution is -0.145. The molecule has 0 spiro atoms. The molecular weight excluding hydrogens is 146 g/mol. The Morgan fingerprint density at radius 2 is 2.55 bits per heavy atom. The average molecular weight is 157 g/mol. The lowest BCUT2D eigenvalue weighted by Gasteiger charge is -2.19. The fourth-order valence-corrected chi connectivity index (χ4v) is 0.840. The van der Waals surface area contributed by atoms with Gasteiger partial charge in [-0.3, -0.25) is 0 Å². The number of hydrogen-bond donors (Lipinski definition) is 0. The van der Waals surface area contributed by atoms with Gasteiger partial charge >= 0.3 is 5.97 Å². The number of methoxy groups -OCH3 is 1. The topological polar surface area (TPSA) is 38.8 Å². The normalized spacial score (nSPS) is 17.8. The third-order valence-electron chi connectivity index (χ3n) is 1.61. The van der Waals surface area contributed by atoms with Crippen LogP contribution in [-0.4, -0.2) is 30.8 Å². The number of nitrogens with zero attached hydrogens (tertiary/aromatic N) is 1. The van der Waals surface area contributed by atoms with Gasteiger partial charge in [0, 0.05) is 6.20 Å². The highest BCUT2D eigenvalue weighted by Gasteiger charge is 2.21. The van der Waals surface area contributed by atoms with Crippen molar-refractivity contribution in [3.8, 4) is 0 Å². The number of rotatable bonds is 2. The molecule has 4 nitrogen and oxygen atoms in total. The third kappa shape index (κ3) is 1.63. The molecule has 0 radical (unpaired) electrons. The van der Waals surface area contributed by atoms with Crippen LogP contribution in [0.4, 0.5) is 0 Å². The molecule has 0 aromatic heterocycles. The van der Waals surface area contributed by atoms with Crippen molar-refractivity contribution in [2.75, 3.05) is 13.8 Å². The molecule has 0 amide bonds. The average Bonchev–Trinajstić information content (AvgIpc) is 2.53. The third-order valence-corrected chi connectivity index (χ3v) is 1.61. The Hall–Kier alpha value is -1.19. The summed E-state index contributed by atoms with van der Waals surface area (Å²) in [6, 6.07) is -0.265. The van der Waals surface area contributed by atoms with Crippen LogP contribution in [0.2, 0.25) is 0 Å². The summed E-state index contributed by atoms with van der Waals surface area (Å²) in [5, 5.41) is 0. The van der Waals surface area contributed by atoms with E-state index >= 15 is 0 Å². The Balaban J connectivity index is 2.46. The summed E-state index contributed by atoms with van der Waals surface area (Å²) in [6.07, 6.45) is 3.28. The van der Waals surface area contributed by atoms with Crippen LogP contribution < -0.4 is 0 Å². The minimum atomic E-state index is -0.265. The number of hydrogen-bond acceptors (Lipinski definition) is 4. The number of carbonyl (C=O) groups is 1. The van der Waals surface area contributed by atoms with Crippen molar-refractivity contribution in [3.63, 3.8) is 0 Å². The van der Waals surface area contributed by atoms with Crippen molar-refractivity contribution in [2.24, 2.45) is 0 Å². The molecule has 0 saturated carbocycles. The van der Waals surface area contributed by atoms with Crippen LogP contribution in [0.25, 0.3) is 0 Å². The Labute approximate surface area is 65.4 Å². The van der Waals surface area contributed by atoms with Gasteiger partial charge in [-0.15, -0.1) is 0 Å². The molecule has 4 heteroatoms. The van der Waals surface area contributed by atoms with Crippen LogP contribution in [-0.2, 0) is 14.3 Å². The van der Waals surface area contributed by atoms with E-state index in [1.807, 2.05) is 0 Å². The Morgan fingerprint density at radius 3 is 3.00 bits per heavy atom. The summed E-state index contributed by atoms with van der Waals surface area (Å²) in [6.45, 7) is 2.20. The van der Waals surface area contributed by atoms with Gasteiger partial charge < -0.3 is 14.4 Å². The van der Waals surface area contributed by atoms with Crippen LogP contribution >= 0.6 is 0 Å². The van der Waals surface area contributed by atoms with Crippen LogP contribution in [0, 0.1) is 0 Å². The number of esters is 1. The first-order chi connectivity index (χ1) is 5.25. The largest absolute Gasteiger partial charge is 0.479 e. The van der Waals surface area contributed by atoms with Gasteiger partial charge in [-0.1, -0.05) is 0 Å². The zero-order valence-electron chi connectivity index (χ0n) is 6.61. The molecule has 1 heterocycles. The molecule has 0 N–H and O–H groups in total. The fourth-order valence-electron chi connectivity index (χ4n) is 0.840. The predicted octanol–water partition coefficient (Wildman–Crippen LogP) is 0.309. The second-order valence-electron chi connectivity index (χ2n) is 2.29. The summed E-state index contributed by atoms with van der Waals surface area (Å²) < 4.78 is 9.46. The summed E-state index contributed by atoms with van der Waals surface area (Å²) >= 11 is 0. The van der Waals surface area contributed by atoms with Gasteiger partial charge in [0.15, 0.2) is 6.73 Å². The van der Waals surface area contributed by atoms with Crippen LogP contribution in [0.1, 0.15) is 6.92 Å². The fraction of sp³-hybridized carbons (Fsp3) is 0.571. The van der Waals surface area contributed by atoms with E-state index in [-0.39, 0.29) is 12.0 Å². The molecule has 0 aliphatic carbocycles. The Bertz CT molecular complexity index is 179. The molecule has 0 fully saturated rings. The zero-order valence-corrected chi connectivity index (χ0v) is 6.61. The van der Waals surface area contributed by atoms with E-state index in [2.05, 4.69) is 4.74 Å². The van der Waals surface area contributed by atoms with Crippen molar-refractivity contribution < 1.29 is 14.3 Å². The van der Waals surface area contributed by atoms with E-state index in [1.165, 1.54) is 7.11 Å². The molecule has 11 heavy (non-hydrogen) atoms. The monoisotopic (exact) mass is 157 g/mol. The molecule has 0 bridgehead atoms. The molecule has 62 valence electrons. The van der Waals surface area contributed by atoms with Crippen molar-refractivity contribution >= 4 is 5.97 Å². The van der Waals surface area contributed by atoms with E-state index in [9.17, 15) is 4.79 Å². The molecule has 1 aliphatic rings. The van der Waals surface area contributed by atoms with Crippen LogP contribution in [0.3, 0.4) is 0 Å². The van der Waals surface area contributed by atoms with Gasteiger partial charge in [0.25, 0.3) is 0 Å². The lowest BCUT2D eigenvalue weighted by atomic mass is 10.3. The van der Waals surface area contributed by atoms with E-state index in [0.717, 1.165) is 0 Å². The summed E-state index contributed by atoms with van der Waals surface area (Å²) in [7, 11) is 1.37. The highest BCUT2D eigenvalue weighted by Crippen LogP contribution is 2.07. The first kappa shape index (κ1) is 7.91. The van der Waals surface area contributed by atoms with Gasteiger partial charge in [0.1, 0.15) is 12.3 Å². The lowest BCUT2D eigenvalue weighted by Crippen LogP contribution is -2.34. The highest BCUT2D eigenvalue weighted by atomic mass is 16.5. The number of ether oxygens (including phenoxy) is 2. The van der Waals surface area contributed by atoms with Gasteiger partial charge in [-0.2, -0.15) is 0 Å². The molecular formula is C7H11NO3. The zero-order chi connectivity index (χ0) is 8.27. The molecule has 0 aromatic carbocycles. The Kier molecular flexibility index (Phi) is 2.36. The van der Waals surface area contributed by atoms with Crippen molar-refractivity contribution in [2.45, 2.75) is 13.0 Å². The van der Waals surface area contributed by atoms with Gasteiger partial charge in [0.05, 0.1) is 7.11 Å². The summed E-state index contributed by atoms with van der Waals surface area (Å²) in [5.41, 5.74) is 0. The molecule has 0 saturated heterocycles. The minimum absolute atomic E-state index is 0.250. The van der Waals surface area contributed by atoms with Crippen molar-refractivity contribution in [1.29, 1.82) is 0 Å².